The molecule has 10 heteroatoms. The van der Waals surface area contributed by atoms with Crippen molar-refractivity contribution < 1.29 is 23.4 Å². The predicted octanol–water partition coefficient (Wildman–Crippen LogP) is 3.35. The van der Waals surface area contributed by atoms with E-state index in [1.807, 2.05) is 12.1 Å². The summed E-state index contributed by atoms with van der Waals surface area (Å²) >= 11 is 0. The van der Waals surface area contributed by atoms with Crippen molar-refractivity contribution in [3.63, 3.8) is 0 Å². The highest BCUT2D eigenvalue weighted by atomic mass is 32.2. The van der Waals surface area contributed by atoms with Crippen molar-refractivity contribution in [2.45, 2.75) is 88.8 Å². The third-order valence-electron chi connectivity index (χ3n) is 6.81. The first-order chi connectivity index (χ1) is 15.8. The van der Waals surface area contributed by atoms with Crippen LogP contribution in [0.3, 0.4) is 0 Å². The van der Waals surface area contributed by atoms with E-state index >= 15 is 0 Å². The van der Waals surface area contributed by atoms with Gasteiger partial charge >= 0.3 is 16.5 Å². The van der Waals surface area contributed by atoms with Gasteiger partial charge in [-0.1, -0.05) is 33.1 Å². The van der Waals surface area contributed by atoms with Crippen LogP contribution in [0.1, 0.15) is 71.6 Å². The van der Waals surface area contributed by atoms with E-state index in [0.29, 0.717) is 19.4 Å². The molecule has 2 heterocycles. The number of pyridine rings is 1. The van der Waals surface area contributed by atoms with Crippen molar-refractivity contribution in [1.29, 1.82) is 0 Å². The molecular weight excluding hydrogens is 444 g/mol. The molecule has 1 unspecified atom stereocenters. The number of anilines is 1. The SMILES string of the molecule is CCCC.O=C(O)C(N=S(=O)=O)C1(O)CCC(CNc2ccncc2)(N2CCCCC2)CC1. The molecule has 186 valence electrons. The molecule has 1 atom stereocenters. The number of aliphatic carboxylic acids is 1. The van der Waals surface area contributed by atoms with Gasteiger partial charge in [0, 0.05) is 30.2 Å². The van der Waals surface area contributed by atoms with Gasteiger partial charge in [0.2, 0.25) is 0 Å². The average molecular weight is 483 g/mol. The topological polar surface area (TPSA) is 132 Å². The maximum Gasteiger partial charge on any atom is 0.332 e. The Labute approximate surface area is 198 Å². The van der Waals surface area contributed by atoms with Crippen LogP contribution in [-0.2, 0) is 15.3 Å². The molecule has 0 spiro atoms. The number of hydrogen-bond donors (Lipinski definition) is 3. The highest BCUT2D eigenvalue weighted by molar-refractivity contribution is 7.61. The first kappa shape index (κ1) is 27.2. The Morgan fingerprint density at radius 1 is 1.12 bits per heavy atom. The van der Waals surface area contributed by atoms with Crippen LogP contribution in [0, 0.1) is 0 Å². The first-order valence-electron chi connectivity index (χ1n) is 11.9. The lowest BCUT2D eigenvalue weighted by molar-refractivity contribution is -0.149. The largest absolute Gasteiger partial charge is 0.480 e. The van der Waals surface area contributed by atoms with E-state index in [4.69, 9.17) is 0 Å². The van der Waals surface area contributed by atoms with Gasteiger partial charge in [-0.05, 0) is 63.7 Å². The third kappa shape index (κ3) is 7.75. The zero-order chi connectivity index (χ0) is 24.3. The lowest BCUT2D eigenvalue weighted by atomic mass is 9.70. The van der Waals surface area contributed by atoms with Crippen LogP contribution in [-0.4, -0.2) is 71.3 Å². The molecule has 3 rings (SSSR count). The second-order valence-electron chi connectivity index (χ2n) is 9.03. The maximum absolute atomic E-state index is 11.6. The summed E-state index contributed by atoms with van der Waals surface area (Å²) in [6.07, 6.45) is 11.0. The summed E-state index contributed by atoms with van der Waals surface area (Å²) in [5, 5.41) is 23.8. The van der Waals surface area contributed by atoms with Crippen molar-refractivity contribution in [2.24, 2.45) is 4.36 Å². The van der Waals surface area contributed by atoms with E-state index in [2.05, 4.69) is 33.4 Å². The summed E-state index contributed by atoms with van der Waals surface area (Å²) < 4.78 is 25.2. The molecule has 3 N–H and O–H groups in total. The quantitative estimate of drug-likeness (QED) is 0.514. The van der Waals surface area contributed by atoms with Crippen molar-refractivity contribution >= 4 is 22.2 Å². The molecule has 1 saturated carbocycles. The highest BCUT2D eigenvalue weighted by Crippen LogP contribution is 2.42. The van der Waals surface area contributed by atoms with Gasteiger partial charge in [0.1, 0.15) is 0 Å². The molecule has 2 fully saturated rings. The summed E-state index contributed by atoms with van der Waals surface area (Å²) in [6.45, 7) is 6.96. The monoisotopic (exact) mass is 482 g/mol. The molecule has 0 bridgehead atoms. The number of hydrogen-bond acceptors (Lipinski definition) is 8. The van der Waals surface area contributed by atoms with E-state index in [1.165, 1.54) is 19.3 Å². The molecular formula is C23H38N4O5S. The molecule has 2 aliphatic rings. The van der Waals surface area contributed by atoms with Gasteiger partial charge in [-0.3, -0.25) is 9.88 Å². The van der Waals surface area contributed by atoms with Crippen LogP contribution in [0.25, 0.3) is 0 Å². The summed E-state index contributed by atoms with van der Waals surface area (Å²) in [5.74, 6) is -1.42. The number of rotatable bonds is 8. The van der Waals surface area contributed by atoms with Crippen molar-refractivity contribution in [2.75, 3.05) is 25.0 Å². The van der Waals surface area contributed by atoms with Crippen LogP contribution in [0.2, 0.25) is 0 Å². The van der Waals surface area contributed by atoms with Crippen molar-refractivity contribution in [1.82, 2.24) is 9.88 Å². The van der Waals surface area contributed by atoms with Crippen molar-refractivity contribution in [3.05, 3.63) is 24.5 Å². The van der Waals surface area contributed by atoms with E-state index < -0.39 is 28.1 Å². The second-order valence-corrected chi connectivity index (χ2v) is 9.67. The van der Waals surface area contributed by atoms with Crippen LogP contribution in [0.5, 0.6) is 0 Å². The van der Waals surface area contributed by atoms with Gasteiger partial charge in [0.15, 0.2) is 6.04 Å². The van der Waals surface area contributed by atoms with Crippen molar-refractivity contribution in [3.8, 4) is 0 Å². The molecule has 1 aliphatic heterocycles. The minimum Gasteiger partial charge on any atom is -0.480 e. The highest BCUT2D eigenvalue weighted by Gasteiger charge is 2.51. The van der Waals surface area contributed by atoms with Gasteiger partial charge in [-0.25, -0.2) is 4.79 Å². The number of aromatic nitrogens is 1. The summed E-state index contributed by atoms with van der Waals surface area (Å²) in [6, 6.07) is 2.12. The molecule has 0 aromatic carbocycles. The number of carbonyl (C=O) groups is 1. The van der Waals surface area contributed by atoms with E-state index in [9.17, 15) is 23.4 Å². The van der Waals surface area contributed by atoms with Gasteiger partial charge in [-0.15, -0.1) is 0 Å². The maximum atomic E-state index is 11.6. The normalized spacial score (nSPS) is 26.4. The van der Waals surface area contributed by atoms with E-state index in [-0.39, 0.29) is 18.4 Å². The Kier molecular flexibility index (Phi) is 10.7. The molecule has 1 aliphatic carbocycles. The molecule has 0 radical (unpaired) electrons. The number of unbranched alkanes of at least 4 members (excludes halogenated alkanes) is 1. The summed E-state index contributed by atoms with van der Waals surface area (Å²) in [7, 11) is -2.89. The lowest BCUT2D eigenvalue weighted by Gasteiger charge is -2.52. The molecule has 33 heavy (non-hydrogen) atoms. The Morgan fingerprint density at radius 2 is 1.70 bits per heavy atom. The van der Waals surface area contributed by atoms with Crippen LogP contribution in [0.15, 0.2) is 28.9 Å². The second kappa shape index (κ2) is 13.0. The minimum atomic E-state index is -2.89. The molecule has 0 amide bonds. The number of carboxylic acids is 1. The fourth-order valence-electron chi connectivity index (χ4n) is 4.59. The molecule has 1 saturated heterocycles. The standard InChI is InChI=1S/C19H28N4O5S.C4H10/c24-17(25)16(22-29(27)28)19(26)8-6-18(7-9-19,23-12-2-1-3-13-23)14-21-15-4-10-20-11-5-15;1-3-4-2/h4-5,10-11,16,26H,1-3,6-9,12-14H2,(H,20,21)(H,24,25);3-4H2,1-2H3. The van der Waals surface area contributed by atoms with E-state index in [0.717, 1.165) is 31.6 Å². The zero-order valence-electron chi connectivity index (χ0n) is 19.7. The Morgan fingerprint density at radius 3 is 2.18 bits per heavy atom. The first-order valence-corrected chi connectivity index (χ1v) is 12.9. The predicted molar refractivity (Wildman–Crippen MR) is 128 cm³/mol. The number of carboxylic acid groups (broad SMARTS) is 1. The van der Waals surface area contributed by atoms with Crippen LogP contribution < -0.4 is 5.32 Å². The smallest absolute Gasteiger partial charge is 0.332 e. The number of nitrogens with one attached hydrogen (secondary N) is 1. The third-order valence-corrected chi connectivity index (χ3v) is 7.19. The van der Waals surface area contributed by atoms with Gasteiger partial charge < -0.3 is 15.5 Å². The minimum absolute atomic E-state index is 0.180. The van der Waals surface area contributed by atoms with Gasteiger partial charge in [-0.2, -0.15) is 12.8 Å². The number of likely N-dealkylation sites (tertiary alicyclic amines) is 1. The van der Waals surface area contributed by atoms with E-state index in [1.54, 1.807) is 12.4 Å². The Bertz CT molecular complexity index is 854. The number of nitrogens with zero attached hydrogens (tertiary/aromatic N) is 3. The van der Waals surface area contributed by atoms with Gasteiger partial charge in [0.05, 0.1) is 5.60 Å². The number of aliphatic hydroxyl groups is 1. The fraction of sp³-hybridized carbons (Fsp3) is 0.739. The van der Waals surface area contributed by atoms with Crippen LogP contribution in [0.4, 0.5) is 5.69 Å². The lowest BCUT2D eigenvalue weighted by Crippen LogP contribution is -2.61. The summed E-state index contributed by atoms with van der Waals surface area (Å²) in [4.78, 5) is 18.0. The zero-order valence-corrected chi connectivity index (χ0v) is 20.6. The molecule has 1 aromatic heterocycles. The average Bonchev–Trinajstić information content (AvgIpc) is 2.83. The summed E-state index contributed by atoms with van der Waals surface area (Å²) in [5.41, 5.74) is -0.936. The fourth-order valence-corrected chi connectivity index (χ4v) is 5.05. The molecule has 1 aromatic rings. The molecule has 9 nitrogen and oxygen atoms in total. The van der Waals surface area contributed by atoms with Gasteiger partial charge in [0.25, 0.3) is 0 Å². The number of piperidine rings is 1. The Hall–Kier alpha value is -2.04. The van der Waals surface area contributed by atoms with Crippen LogP contribution >= 0.6 is 0 Å². The Balaban J connectivity index is 0.000000890.